The summed E-state index contributed by atoms with van der Waals surface area (Å²) in [6.07, 6.45) is 0.215. The molecule has 2 aromatic carbocycles. The molecule has 0 aliphatic carbocycles. The summed E-state index contributed by atoms with van der Waals surface area (Å²) < 4.78 is 18.1. The highest BCUT2D eigenvalue weighted by Gasteiger charge is 2.17. The molecule has 0 fully saturated rings. The largest absolute Gasteiger partial charge is 0.462 e. The van der Waals surface area contributed by atoms with Gasteiger partial charge in [-0.15, -0.1) is 0 Å². The third-order valence-corrected chi connectivity index (χ3v) is 3.74. The molecule has 0 radical (unpaired) electrons. The van der Waals surface area contributed by atoms with Gasteiger partial charge in [-0.1, -0.05) is 18.2 Å². The first-order chi connectivity index (χ1) is 12.5. The topological polar surface area (TPSA) is 72.5 Å². The molecule has 1 amide bonds. The van der Waals surface area contributed by atoms with Crippen molar-refractivity contribution < 1.29 is 23.5 Å². The highest BCUT2D eigenvalue weighted by molar-refractivity contribution is 5.94. The van der Waals surface area contributed by atoms with Crippen LogP contribution in [0.2, 0.25) is 0 Å². The van der Waals surface area contributed by atoms with Crippen LogP contribution in [0.5, 0.6) is 0 Å². The van der Waals surface area contributed by atoms with E-state index in [1.54, 1.807) is 36.3 Å². The zero-order chi connectivity index (χ0) is 18.9. The Bertz CT molecular complexity index is 811. The molecule has 2 rings (SSSR count). The van der Waals surface area contributed by atoms with Gasteiger partial charge < -0.3 is 10.1 Å². The molecule has 0 saturated carbocycles. The summed E-state index contributed by atoms with van der Waals surface area (Å²) in [7, 11) is 0. The van der Waals surface area contributed by atoms with Gasteiger partial charge in [-0.2, -0.15) is 0 Å². The van der Waals surface area contributed by atoms with Crippen molar-refractivity contribution in [2.45, 2.75) is 19.4 Å². The van der Waals surface area contributed by atoms with Crippen molar-refractivity contribution in [2.24, 2.45) is 0 Å². The fourth-order valence-corrected chi connectivity index (χ4v) is 2.24. The number of esters is 1. The summed E-state index contributed by atoms with van der Waals surface area (Å²) in [5.41, 5.74) is 0.953. The summed E-state index contributed by atoms with van der Waals surface area (Å²) in [6.45, 7) is 1.54. The van der Waals surface area contributed by atoms with Crippen LogP contribution in [0.1, 0.15) is 34.1 Å². The van der Waals surface area contributed by atoms with Gasteiger partial charge in [0.2, 0.25) is 0 Å². The maximum absolute atomic E-state index is 12.9. The number of amides is 1. The van der Waals surface area contributed by atoms with Gasteiger partial charge in [0.15, 0.2) is 0 Å². The number of benzene rings is 2. The average Bonchev–Trinajstić information content (AvgIpc) is 2.67. The second kappa shape index (κ2) is 9.30. The number of hydrogen-bond acceptors (Lipinski definition) is 4. The Balaban J connectivity index is 1.95. The van der Waals surface area contributed by atoms with Crippen molar-refractivity contribution in [1.82, 2.24) is 5.32 Å². The number of ether oxygens (including phenoxy) is 1. The first-order valence-electron chi connectivity index (χ1n) is 8.01. The average molecular weight is 355 g/mol. The van der Waals surface area contributed by atoms with Crippen LogP contribution in [0, 0.1) is 5.82 Å². The van der Waals surface area contributed by atoms with Crippen LogP contribution < -0.4 is 5.32 Å². The lowest BCUT2D eigenvalue weighted by atomic mass is 10.1. The molecule has 134 valence electrons. The number of carbonyl (C=O) groups excluding carboxylic acids is 3. The Morgan fingerprint density at radius 3 is 2.35 bits per heavy atom. The quantitative estimate of drug-likeness (QED) is 0.612. The van der Waals surface area contributed by atoms with E-state index in [2.05, 4.69) is 5.32 Å². The maximum atomic E-state index is 12.9. The molecule has 1 N–H and O–H groups in total. The monoisotopic (exact) mass is 355 g/mol. The fraction of sp³-hybridized carbons (Fsp3) is 0.200. The van der Waals surface area contributed by atoms with Gasteiger partial charge in [-0.25, -0.2) is 14.0 Å². The standard InChI is InChI=1S/C20H18FNO4/c1-14(13-23)18(22-19(24)15-7-9-17(21)10-8-15)11-12-26-20(25)16-5-3-2-4-6-16/h2-10,18H,11-12H2,1H3,(H,22,24). The predicted octanol–water partition coefficient (Wildman–Crippen LogP) is 2.95. The number of halogens is 1. The number of rotatable bonds is 7. The van der Waals surface area contributed by atoms with Crippen LogP contribution >= 0.6 is 0 Å². The Labute approximate surface area is 150 Å². The predicted molar refractivity (Wildman–Crippen MR) is 93.9 cm³/mol. The molecule has 0 spiro atoms. The van der Waals surface area contributed by atoms with Gasteiger partial charge in [0, 0.05) is 17.6 Å². The molecule has 0 aromatic heterocycles. The first-order valence-corrected chi connectivity index (χ1v) is 8.01. The third kappa shape index (κ3) is 5.40. The summed E-state index contributed by atoms with van der Waals surface area (Å²) in [6, 6.07) is 12.9. The zero-order valence-corrected chi connectivity index (χ0v) is 14.2. The molecule has 2 aromatic rings. The Hall–Kier alpha value is -3.24. The molecule has 0 aliphatic rings. The number of nitrogens with one attached hydrogen (secondary N) is 1. The van der Waals surface area contributed by atoms with Crippen molar-refractivity contribution >= 4 is 17.8 Å². The minimum Gasteiger partial charge on any atom is -0.462 e. The Morgan fingerprint density at radius 1 is 1.08 bits per heavy atom. The van der Waals surface area contributed by atoms with Gasteiger partial charge in [-0.05, 0) is 43.3 Å². The first kappa shape index (κ1) is 19.1. The lowest BCUT2D eigenvalue weighted by Gasteiger charge is -2.17. The summed E-state index contributed by atoms with van der Waals surface area (Å²) in [5, 5.41) is 2.66. The lowest BCUT2D eigenvalue weighted by molar-refractivity contribution is 0.0493. The van der Waals surface area contributed by atoms with Crippen molar-refractivity contribution in [2.75, 3.05) is 6.61 Å². The van der Waals surface area contributed by atoms with E-state index >= 15 is 0 Å². The summed E-state index contributed by atoms with van der Waals surface area (Å²) in [4.78, 5) is 35.1. The van der Waals surface area contributed by atoms with Crippen LogP contribution in [0.4, 0.5) is 4.39 Å². The van der Waals surface area contributed by atoms with E-state index in [1.807, 2.05) is 0 Å². The number of carbonyl (C=O) groups is 2. The van der Waals surface area contributed by atoms with Gasteiger partial charge in [-0.3, -0.25) is 4.79 Å². The highest BCUT2D eigenvalue weighted by Crippen LogP contribution is 2.09. The minimum atomic E-state index is -0.645. The van der Waals surface area contributed by atoms with E-state index in [1.165, 1.54) is 31.2 Å². The van der Waals surface area contributed by atoms with E-state index in [-0.39, 0.29) is 24.2 Å². The third-order valence-electron chi connectivity index (χ3n) is 3.74. The molecular weight excluding hydrogens is 337 g/mol. The van der Waals surface area contributed by atoms with Crippen molar-refractivity contribution in [1.29, 1.82) is 0 Å². The van der Waals surface area contributed by atoms with Crippen molar-refractivity contribution in [3.63, 3.8) is 0 Å². The van der Waals surface area contributed by atoms with Gasteiger partial charge >= 0.3 is 5.97 Å². The molecule has 1 unspecified atom stereocenters. The lowest BCUT2D eigenvalue weighted by Crippen LogP contribution is -2.37. The molecule has 26 heavy (non-hydrogen) atoms. The Kier molecular flexibility index (Phi) is 6.83. The molecule has 0 bridgehead atoms. The van der Waals surface area contributed by atoms with Crippen LogP contribution in [0.25, 0.3) is 0 Å². The zero-order valence-electron chi connectivity index (χ0n) is 14.2. The van der Waals surface area contributed by atoms with Crippen LogP contribution in [-0.4, -0.2) is 30.5 Å². The van der Waals surface area contributed by atoms with Gasteiger partial charge in [0.1, 0.15) is 11.8 Å². The molecule has 0 saturated heterocycles. The molecular formula is C20H18FNO4. The van der Waals surface area contributed by atoms with Gasteiger partial charge in [0.05, 0.1) is 18.2 Å². The molecule has 1 atom stereocenters. The van der Waals surface area contributed by atoms with E-state index in [4.69, 9.17) is 4.74 Å². The van der Waals surface area contributed by atoms with E-state index in [0.29, 0.717) is 5.56 Å². The second-order valence-electron chi connectivity index (χ2n) is 5.61. The van der Waals surface area contributed by atoms with E-state index in [9.17, 15) is 18.8 Å². The van der Waals surface area contributed by atoms with E-state index in [0.717, 1.165) is 0 Å². The Morgan fingerprint density at radius 2 is 1.73 bits per heavy atom. The minimum absolute atomic E-state index is 0.0150. The van der Waals surface area contributed by atoms with Crippen LogP contribution in [0.3, 0.4) is 0 Å². The molecule has 6 heteroatoms. The molecule has 5 nitrogen and oxygen atoms in total. The van der Waals surface area contributed by atoms with E-state index < -0.39 is 23.7 Å². The fourth-order valence-electron chi connectivity index (χ4n) is 2.24. The second-order valence-corrected chi connectivity index (χ2v) is 5.61. The highest BCUT2D eigenvalue weighted by atomic mass is 19.1. The molecule has 0 aliphatic heterocycles. The summed E-state index contributed by atoms with van der Waals surface area (Å²) in [5.74, 6) is 0.359. The smallest absolute Gasteiger partial charge is 0.338 e. The normalized spacial score (nSPS) is 11.2. The van der Waals surface area contributed by atoms with Crippen LogP contribution in [0.15, 0.2) is 60.2 Å². The molecule has 0 heterocycles. The maximum Gasteiger partial charge on any atom is 0.338 e. The SMILES string of the molecule is CC(=C=O)C(CCOC(=O)c1ccccc1)NC(=O)c1ccc(F)cc1. The summed E-state index contributed by atoms with van der Waals surface area (Å²) >= 11 is 0. The van der Waals surface area contributed by atoms with Crippen molar-refractivity contribution in [3.8, 4) is 0 Å². The number of hydrogen-bond donors (Lipinski definition) is 1. The van der Waals surface area contributed by atoms with Crippen molar-refractivity contribution in [3.05, 3.63) is 77.1 Å². The van der Waals surface area contributed by atoms with Crippen LogP contribution in [-0.2, 0) is 9.53 Å². The van der Waals surface area contributed by atoms with Gasteiger partial charge in [0.25, 0.3) is 5.91 Å².